The standard InChI is InChI=1S/C34H51N9O12/c1-21(44)41(53)15-7-12-25-31(49)35-20-30(48)38-28(18-24-10-5-4-6-11-24)32(50)36-19-29(47)37-26(13-8-16-42(54)22(2)45)33(51)40-27(34(52)39-25)14-9-17-43(55)23(3)46/h4-6,10-11,25-28,53-55H,7-9,12-20H2,1-3H3,(H,35,49)(H,36,50)(H,37,47)(H,38,48)(H,39,52)(H,40,51)/t25-,26-,27-,28+/m0/s1. The van der Waals surface area contributed by atoms with Gasteiger partial charge in [0.05, 0.1) is 13.1 Å². The summed E-state index contributed by atoms with van der Waals surface area (Å²) < 4.78 is 0. The maximum Gasteiger partial charge on any atom is 0.243 e. The fourth-order valence-corrected chi connectivity index (χ4v) is 5.29. The minimum atomic E-state index is -1.43. The van der Waals surface area contributed by atoms with Crippen molar-refractivity contribution >= 4 is 53.2 Å². The molecule has 0 bridgehead atoms. The van der Waals surface area contributed by atoms with Crippen molar-refractivity contribution in [3.05, 3.63) is 35.9 Å². The Morgan fingerprint density at radius 2 is 0.891 bits per heavy atom. The fourth-order valence-electron chi connectivity index (χ4n) is 5.29. The van der Waals surface area contributed by atoms with E-state index in [-0.39, 0.29) is 64.6 Å². The Labute approximate surface area is 317 Å². The Balaban J connectivity index is 2.47. The highest BCUT2D eigenvalue weighted by molar-refractivity contribution is 5.96. The van der Waals surface area contributed by atoms with Crippen molar-refractivity contribution in [1.82, 2.24) is 47.1 Å². The zero-order chi connectivity index (χ0) is 41.1. The first kappa shape index (κ1) is 45.5. The zero-order valence-electron chi connectivity index (χ0n) is 31.0. The van der Waals surface area contributed by atoms with Crippen LogP contribution in [0.3, 0.4) is 0 Å². The van der Waals surface area contributed by atoms with E-state index in [1.165, 1.54) is 0 Å². The van der Waals surface area contributed by atoms with Crippen LogP contribution in [0.1, 0.15) is 64.9 Å². The molecule has 304 valence electrons. The van der Waals surface area contributed by atoms with E-state index in [0.29, 0.717) is 20.8 Å². The SMILES string of the molecule is CC(=O)N(O)CCC[C@@H]1NC(=O)CNC(=O)[C@@H](Cc2ccccc2)NC(=O)CNC(=O)[C@H](CCCN(O)C(C)=O)NC(=O)[C@H](CCCN(O)C(C)=O)NC1=O. The summed E-state index contributed by atoms with van der Waals surface area (Å²) in [7, 11) is 0. The van der Waals surface area contributed by atoms with E-state index < -0.39 is 90.4 Å². The van der Waals surface area contributed by atoms with E-state index in [0.717, 1.165) is 20.8 Å². The second-order valence-corrected chi connectivity index (χ2v) is 12.8. The lowest BCUT2D eigenvalue weighted by molar-refractivity contribution is -0.163. The Morgan fingerprint density at radius 3 is 1.29 bits per heavy atom. The van der Waals surface area contributed by atoms with E-state index >= 15 is 0 Å². The lowest BCUT2D eigenvalue weighted by atomic mass is 10.0. The molecule has 21 heteroatoms. The first-order valence-corrected chi connectivity index (χ1v) is 17.7. The van der Waals surface area contributed by atoms with Crippen molar-refractivity contribution in [2.24, 2.45) is 0 Å². The summed E-state index contributed by atoms with van der Waals surface area (Å²) in [5, 5.41) is 45.6. The van der Waals surface area contributed by atoms with Crippen LogP contribution in [-0.4, -0.2) is 141 Å². The average Bonchev–Trinajstić information content (AvgIpc) is 3.13. The van der Waals surface area contributed by atoms with Crippen molar-refractivity contribution in [3.8, 4) is 0 Å². The highest BCUT2D eigenvalue weighted by atomic mass is 16.5. The molecule has 1 aliphatic rings. The molecule has 1 aromatic carbocycles. The van der Waals surface area contributed by atoms with Gasteiger partial charge in [-0.15, -0.1) is 0 Å². The minimum absolute atomic E-state index is 0.00115. The van der Waals surface area contributed by atoms with Gasteiger partial charge in [-0.05, 0) is 44.1 Å². The lowest BCUT2D eigenvalue weighted by Gasteiger charge is -2.27. The molecule has 0 radical (unpaired) electrons. The number of hydrogen-bond donors (Lipinski definition) is 9. The van der Waals surface area contributed by atoms with Gasteiger partial charge in [0.2, 0.25) is 53.2 Å². The Morgan fingerprint density at radius 1 is 0.545 bits per heavy atom. The molecule has 4 atom stereocenters. The summed E-state index contributed by atoms with van der Waals surface area (Å²) in [6.07, 6.45) is -0.566. The van der Waals surface area contributed by atoms with Crippen LogP contribution in [0.2, 0.25) is 0 Å². The summed E-state index contributed by atoms with van der Waals surface area (Å²) in [5.41, 5.74) is 0.660. The molecule has 1 fully saturated rings. The quantitative estimate of drug-likeness (QED) is 0.0698. The highest BCUT2D eigenvalue weighted by Gasteiger charge is 2.31. The average molecular weight is 778 g/mol. The fraction of sp³-hybridized carbons (Fsp3) is 0.559. The molecule has 1 aromatic rings. The molecular weight excluding hydrogens is 726 g/mol. The summed E-state index contributed by atoms with van der Waals surface area (Å²) in [5.74, 6) is -7.07. The van der Waals surface area contributed by atoms with E-state index in [1.54, 1.807) is 30.3 Å². The van der Waals surface area contributed by atoms with Crippen LogP contribution in [-0.2, 0) is 49.6 Å². The topological polar surface area (TPSA) is 296 Å². The molecule has 0 aromatic heterocycles. The van der Waals surface area contributed by atoms with Gasteiger partial charge in [0.1, 0.15) is 24.2 Å². The Hall–Kier alpha value is -5.67. The van der Waals surface area contributed by atoms with Crippen LogP contribution in [0, 0.1) is 0 Å². The number of nitrogens with zero attached hydrogens (tertiary/aromatic N) is 3. The number of hydroxylamine groups is 6. The molecular formula is C34H51N9O12. The lowest BCUT2D eigenvalue weighted by Crippen LogP contribution is -2.58. The highest BCUT2D eigenvalue weighted by Crippen LogP contribution is 2.08. The maximum absolute atomic E-state index is 13.7. The Kier molecular flexibility index (Phi) is 19.2. The zero-order valence-corrected chi connectivity index (χ0v) is 31.0. The summed E-state index contributed by atoms with van der Waals surface area (Å²) in [6.45, 7) is 1.36. The van der Waals surface area contributed by atoms with Gasteiger partial charge in [-0.3, -0.25) is 58.8 Å². The normalized spacial score (nSPS) is 20.3. The third-order valence-corrected chi connectivity index (χ3v) is 8.38. The summed E-state index contributed by atoms with van der Waals surface area (Å²) in [4.78, 5) is 115. The van der Waals surface area contributed by atoms with Gasteiger partial charge >= 0.3 is 0 Å². The van der Waals surface area contributed by atoms with E-state index in [2.05, 4.69) is 31.9 Å². The predicted molar refractivity (Wildman–Crippen MR) is 189 cm³/mol. The van der Waals surface area contributed by atoms with Crippen LogP contribution >= 0.6 is 0 Å². The van der Waals surface area contributed by atoms with Crippen molar-refractivity contribution in [2.45, 2.75) is 89.9 Å². The predicted octanol–water partition coefficient (Wildman–Crippen LogP) is -2.53. The molecule has 55 heavy (non-hydrogen) atoms. The van der Waals surface area contributed by atoms with Gasteiger partial charge in [-0.2, -0.15) is 0 Å². The molecule has 0 saturated carbocycles. The van der Waals surface area contributed by atoms with E-state index in [9.17, 15) is 58.8 Å². The molecule has 9 amide bonds. The number of carbonyl (C=O) groups is 9. The van der Waals surface area contributed by atoms with Crippen LogP contribution < -0.4 is 31.9 Å². The van der Waals surface area contributed by atoms with Crippen molar-refractivity contribution < 1.29 is 58.8 Å². The molecule has 0 unspecified atom stereocenters. The number of nitrogens with one attached hydrogen (secondary N) is 6. The van der Waals surface area contributed by atoms with Crippen molar-refractivity contribution in [2.75, 3.05) is 32.7 Å². The molecule has 1 aliphatic heterocycles. The smallest absolute Gasteiger partial charge is 0.243 e. The Bertz CT molecular complexity index is 1510. The molecule has 0 spiro atoms. The molecule has 1 saturated heterocycles. The van der Waals surface area contributed by atoms with Gasteiger partial charge in [0, 0.05) is 46.8 Å². The second kappa shape index (κ2) is 23.2. The third-order valence-electron chi connectivity index (χ3n) is 8.38. The molecule has 1 heterocycles. The van der Waals surface area contributed by atoms with Gasteiger partial charge in [-0.1, -0.05) is 30.3 Å². The maximum atomic E-state index is 13.7. The first-order chi connectivity index (χ1) is 26.0. The minimum Gasteiger partial charge on any atom is -0.345 e. The van der Waals surface area contributed by atoms with Gasteiger partial charge in [-0.25, -0.2) is 15.2 Å². The number of carbonyl (C=O) groups excluding carboxylic acids is 9. The second-order valence-electron chi connectivity index (χ2n) is 12.8. The summed E-state index contributed by atoms with van der Waals surface area (Å²) in [6, 6.07) is 3.22. The first-order valence-electron chi connectivity index (χ1n) is 17.7. The monoisotopic (exact) mass is 777 g/mol. The van der Waals surface area contributed by atoms with Gasteiger partial charge < -0.3 is 31.9 Å². The van der Waals surface area contributed by atoms with Crippen LogP contribution in [0.5, 0.6) is 0 Å². The number of rotatable bonds is 14. The summed E-state index contributed by atoms with van der Waals surface area (Å²) >= 11 is 0. The van der Waals surface area contributed by atoms with Gasteiger partial charge in [0.15, 0.2) is 0 Å². The molecule has 9 N–H and O–H groups in total. The number of benzene rings is 1. The molecule has 0 aliphatic carbocycles. The number of hydrogen-bond acceptors (Lipinski definition) is 12. The number of amides is 9. The van der Waals surface area contributed by atoms with Gasteiger partial charge in [0.25, 0.3) is 0 Å². The third kappa shape index (κ3) is 16.9. The van der Waals surface area contributed by atoms with Crippen molar-refractivity contribution in [3.63, 3.8) is 0 Å². The molecule has 21 nitrogen and oxygen atoms in total. The van der Waals surface area contributed by atoms with Crippen LogP contribution in [0.4, 0.5) is 0 Å². The largest absolute Gasteiger partial charge is 0.345 e. The van der Waals surface area contributed by atoms with E-state index in [1.807, 2.05) is 0 Å². The van der Waals surface area contributed by atoms with E-state index in [4.69, 9.17) is 0 Å². The molecule has 2 rings (SSSR count). The van der Waals surface area contributed by atoms with Crippen molar-refractivity contribution in [1.29, 1.82) is 0 Å². The van der Waals surface area contributed by atoms with Crippen LogP contribution in [0.15, 0.2) is 30.3 Å². The van der Waals surface area contributed by atoms with Crippen LogP contribution in [0.25, 0.3) is 0 Å².